The molecule has 0 unspecified atom stereocenters. The third-order valence-electron chi connectivity index (χ3n) is 1.31. The Hall–Kier alpha value is -1.67. The van der Waals surface area contributed by atoms with Crippen LogP contribution in [0.25, 0.3) is 0 Å². The predicted octanol–water partition coefficient (Wildman–Crippen LogP) is 2.40. The molecule has 0 aromatic rings. The number of hydrogen-bond donors (Lipinski definition) is 1. The standard InChI is InChI=1S/C9H15F3N2O4/c1-5-17-6(15)13-14(9(10,11)12)7(16)18-8(2,3)4/h5H2,1-4H3,(H,13,15). The van der Waals surface area contributed by atoms with E-state index in [4.69, 9.17) is 0 Å². The van der Waals surface area contributed by atoms with Crippen LogP contribution < -0.4 is 5.43 Å². The molecule has 2 amide bonds. The molecular formula is C9H15F3N2O4. The van der Waals surface area contributed by atoms with Gasteiger partial charge >= 0.3 is 18.5 Å². The number of hydrazine groups is 1. The lowest BCUT2D eigenvalue weighted by Crippen LogP contribution is -2.55. The lowest BCUT2D eigenvalue weighted by atomic mass is 10.2. The minimum Gasteiger partial charge on any atom is -0.449 e. The molecular weight excluding hydrogens is 257 g/mol. The summed E-state index contributed by atoms with van der Waals surface area (Å²) in [6, 6.07) is 0. The molecule has 0 atom stereocenters. The summed E-state index contributed by atoms with van der Waals surface area (Å²) in [6.07, 6.45) is -8.27. The van der Waals surface area contributed by atoms with Gasteiger partial charge in [0.2, 0.25) is 0 Å². The Morgan fingerprint density at radius 2 is 1.72 bits per heavy atom. The first-order valence-electron chi connectivity index (χ1n) is 5.00. The summed E-state index contributed by atoms with van der Waals surface area (Å²) >= 11 is 0. The maximum atomic E-state index is 12.5. The van der Waals surface area contributed by atoms with Crippen LogP contribution in [-0.4, -0.2) is 35.7 Å². The fourth-order valence-electron chi connectivity index (χ4n) is 0.775. The number of hydrogen-bond acceptors (Lipinski definition) is 4. The van der Waals surface area contributed by atoms with E-state index < -0.39 is 29.1 Å². The minimum absolute atomic E-state index is 0.133. The second-order valence-corrected chi connectivity index (χ2v) is 4.12. The van der Waals surface area contributed by atoms with Gasteiger partial charge in [-0.1, -0.05) is 0 Å². The van der Waals surface area contributed by atoms with Crippen molar-refractivity contribution < 1.29 is 32.2 Å². The number of rotatable bonds is 1. The van der Waals surface area contributed by atoms with Crippen LogP contribution in [0.2, 0.25) is 0 Å². The number of amides is 2. The summed E-state index contributed by atoms with van der Waals surface area (Å²) < 4.78 is 46.3. The Kier molecular flexibility index (Phi) is 5.25. The molecule has 0 aliphatic rings. The molecule has 0 radical (unpaired) electrons. The van der Waals surface area contributed by atoms with Crippen molar-refractivity contribution in [2.45, 2.75) is 39.6 Å². The van der Waals surface area contributed by atoms with Gasteiger partial charge < -0.3 is 9.47 Å². The van der Waals surface area contributed by atoms with Gasteiger partial charge in [-0.25, -0.2) is 15.0 Å². The van der Waals surface area contributed by atoms with Crippen LogP contribution >= 0.6 is 0 Å². The van der Waals surface area contributed by atoms with Gasteiger partial charge in [0.05, 0.1) is 6.61 Å². The summed E-state index contributed by atoms with van der Waals surface area (Å²) in [4.78, 5) is 22.1. The van der Waals surface area contributed by atoms with Crippen LogP contribution in [0, 0.1) is 0 Å². The first-order valence-corrected chi connectivity index (χ1v) is 5.00. The van der Waals surface area contributed by atoms with Gasteiger partial charge in [0, 0.05) is 0 Å². The van der Waals surface area contributed by atoms with Gasteiger partial charge in [0.15, 0.2) is 0 Å². The fourth-order valence-corrected chi connectivity index (χ4v) is 0.775. The highest BCUT2D eigenvalue weighted by atomic mass is 19.4. The quantitative estimate of drug-likeness (QED) is 0.588. The number of ether oxygens (including phenoxy) is 2. The van der Waals surface area contributed by atoms with Crippen LogP contribution in [0.3, 0.4) is 0 Å². The Bertz CT molecular complexity index is 312. The monoisotopic (exact) mass is 272 g/mol. The molecule has 18 heavy (non-hydrogen) atoms. The molecule has 0 aromatic carbocycles. The van der Waals surface area contributed by atoms with E-state index in [1.165, 1.54) is 33.1 Å². The largest absolute Gasteiger partial charge is 0.508 e. The summed E-state index contributed by atoms with van der Waals surface area (Å²) in [5.74, 6) is 0. The van der Waals surface area contributed by atoms with Crippen LogP contribution in [0.1, 0.15) is 27.7 Å². The number of carbonyl (C=O) groups is 2. The first kappa shape index (κ1) is 16.3. The SMILES string of the molecule is CCOC(=O)NN(C(=O)OC(C)(C)C)C(F)(F)F. The molecule has 0 aliphatic heterocycles. The van der Waals surface area contributed by atoms with Crippen molar-refractivity contribution in [1.82, 2.24) is 10.4 Å². The van der Waals surface area contributed by atoms with E-state index in [9.17, 15) is 22.8 Å². The Balaban J connectivity index is 4.80. The highest BCUT2D eigenvalue weighted by Gasteiger charge is 2.45. The minimum atomic E-state index is -5.12. The average Bonchev–Trinajstić information content (AvgIpc) is 2.09. The van der Waals surface area contributed by atoms with Gasteiger partial charge in [-0.2, -0.15) is 0 Å². The fraction of sp³-hybridized carbons (Fsp3) is 0.778. The third-order valence-corrected chi connectivity index (χ3v) is 1.31. The van der Waals surface area contributed by atoms with E-state index in [0.29, 0.717) is 0 Å². The van der Waals surface area contributed by atoms with Crippen molar-refractivity contribution in [3.05, 3.63) is 0 Å². The summed E-state index contributed by atoms with van der Waals surface area (Å²) in [6.45, 7) is 5.45. The normalized spacial score (nSPS) is 11.7. The van der Waals surface area contributed by atoms with E-state index in [0.717, 1.165) is 0 Å². The zero-order valence-corrected chi connectivity index (χ0v) is 10.4. The van der Waals surface area contributed by atoms with Crippen molar-refractivity contribution in [2.24, 2.45) is 0 Å². The second kappa shape index (κ2) is 5.78. The van der Waals surface area contributed by atoms with E-state index in [1.807, 2.05) is 0 Å². The summed E-state index contributed by atoms with van der Waals surface area (Å²) in [5.41, 5.74) is 0.125. The number of halogens is 3. The molecule has 6 nitrogen and oxygen atoms in total. The van der Waals surface area contributed by atoms with E-state index in [2.05, 4.69) is 9.47 Å². The smallest absolute Gasteiger partial charge is 0.449 e. The maximum absolute atomic E-state index is 12.5. The zero-order valence-electron chi connectivity index (χ0n) is 10.4. The Labute approximate surface area is 102 Å². The van der Waals surface area contributed by atoms with Crippen molar-refractivity contribution in [3.8, 4) is 0 Å². The van der Waals surface area contributed by atoms with Gasteiger partial charge in [-0.3, -0.25) is 0 Å². The molecule has 106 valence electrons. The van der Waals surface area contributed by atoms with Gasteiger partial charge in [0.1, 0.15) is 5.60 Å². The molecule has 0 fully saturated rings. The molecule has 0 rings (SSSR count). The molecule has 0 aromatic heterocycles. The molecule has 0 heterocycles. The third kappa shape index (κ3) is 6.16. The number of carbonyl (C=O) groups excluding carboxylic acids is 2. The lowest BCUT2D eigenvalue weighted by Gasteiger charge is -2.28. The topological polar surface area (TPSA) is 67.9 Å². The average molecular weight is 272 g/mol. The Morgan fingerprint density at radius 3 is 2.06 bits per heavy atom. The van der Waals surface area contributed by atoms with E-state index in [1.54, 1.807) is 0 Å². The Morgan fingerprint density at radius 1 is 1.22 bits per heavy atom. The number of alkyl halides is 3. The van der Waals surface area contributed by atoms with Gasteiger partial charge in [-0.05, 0) is 27.7 Å². The molecule has 0 saturated heterocycles. The number of nitrogens with zero attached hydrogens (tertiary/aromatic N) is 1. The summed E-state index contributed by atoms with van der Waals surface area (Å²) in [7, 11) is 0. The maximum Gasteiger partial charge on any atom is 0.508 e. The highest BCUT2D eigenvalue weighted by Crippen LogP contribution is 2.22. The zero-order chi connectivity index (χ0) is 14.6. The molecule has 9 heteroatoms. The number of nitrogens with one attached hydrogen (secondary N) is 1. The highest BCUT2D eigenvalue weighted by molar-refractivity contribution is 5.74. The molecule has 0 saturated carbocycles. The molecule has 0 spiro atoms. The van der Waals surface area contributed by atoms with Gasteiger partial charge in [0.25, 0.3) is 0 Å². The van der Waals surface area contributed by atoms with Crippen molar-refractivity contribution in [1.29, 1.82) is 0 Å². The van der Waals surface area contributed by atoms with Crippen LogP contribution in [0.5, 0.6) is 0 Å². The van der Waals surface area contributed by atoms with Crippen molar-refractivity contribution in [2.75, 3.05) is 6.61 Å². The molecule has 0 aliphatic carbocycles. The molecule has 1 N–H and O–H groups in total. The van der Waals surface area contributed by atoms with E-state index in [-0.39, 0.29) is 6.61 Å². The lowest BCUT2D eigenvalue weighted by molar-refractivity contribution is -0.246. The van der Waals surface area contributed by atoms with Crippen LogP contribution in [0.15, 0.2) is 0 Å². The predicted molar refractivity (Wildman–Crippen MR) is 54.3 cm³/mol. The van der Waals surface area contributed by atoms with Crippen molar-refractivity contribution >= 4 is 12.2 Å². The van der Waals surface area contributed by atoms with Crippen molar-refractivity contribution in [3.63, 3.8) is 0 Å². The summed E-state index contributed by atoms with van der Waals surface area (Å²) in [5, 5.41) is -0.879. The van der Waals surface area contributed by atoms with Crippen LogP contribution in [0.4, 0.5) is 22.8 Å². The molecule has 0 bridgehead atoms. The second-order valence-electron chi connectivity index (χ2n) is 4.12. The van der Waals surface area contributed by atoms with E-state index >= 15 is 0 Å². The van der Waals surface area contributed by atoms with Gasteiger partial charge in [-0.15, -0.1) is 18.2 Å². The van der Waals surface area contributed by atoms with Crippen LogP contribution in [-0.2, 0) is 9.47 Å². The first-order chi connectivity index (χ1) is 7.97.